The number of carbonyl (C=O) groups excluding carboxylic acids is 2. The van der Waals surface area contributed by atoms with Gasteiger partial charge in [-0.15, -0.1) is 0 Å². The summed E-state index contributed by atoms with van der Waals surface area (Å²) in [4.78, 5) is 22.2. The average molecular weight is 270 g/mol. The number of rotatable bonds is 5. The van der Waals surface area contributed by atoms with Crippen molar-refractivity contribution in [2.24, 2.45) is 0 Å². The van der Waals surface area contributed by atoms with Crippen LogP contribution in [0.2, 0.25) is 0 Å². The molecule has 1 N–H and O–H groups in total. The van der Waals surface area contributed by atoms with Crippen LogP contribution in [0.25, 0.3) is 0 Å². The third kappa shape index (κ3) is 3.28. The van der Waals surface area contributed by atoms with Crippen LogP contribution in [0.15, 0.2) is 0 Å². The highest BCUT2D eigenvalue weighted by Gasteiger charge is 2.46. The lowest BCUT2D eigenvalue weighted by Crippen LogP contribution is -2.48. The highest BCUT2D eigenvalue weighted by Crippen LogP contribution is 2.21. The molecule has 0 saturated carbocycles. The molecule has 1 unspecified atom stereocenters. The Balaban J connectivity index is 4.98. The second-order valence-electron chi connectivity index (χ2n) is 3.27. The van der Waals surface area contributed by atoms with Crippen LogP contribution in [-0.2, 0) is 29.2 Å². The molecule has 0 aliphatic heterocycles. The number of hydrogen-bond acceptors (Lipinski definition) is 6. The molecule has 0 spiro atoms. The van der Waals surface area contributed by atoms with Crippen molar-refractivity contribution in [3.8, 4) is 0 Å². The maximum atomic E-state index is 11.3. The van der Waals surface area contributed by atoms with E-state index in [9.17, 15) is 18.0 Å². The largest absolute Gasteiger partial charge is 0.469 e. The van der Waals surface area contributed by atoms with Crippen molar-refractivity contribution in [2.45, 2.75) is 17.2 Å². The molecule has 0 saturated heterocycles. The van der Waals surface area contributed by atoms with Crippen LogP contribution in [0, 0.1) is 0 Å². The Morgan fingerprint density at radius 3 is 2.12 bits per heavy atom. The summed E-state index contributed by atoms with van der Waals surface area (Å²) in [5.41, 5.74) is 0. The van der Waals surface area contributed by atoms with Crippen LogP contribution in [0.5, 0.6) is 0 Å². The highest BCUT2D eigenvalue weighted by atomic mass is 32.2. The monoisotopic (exact) mass is 270 g/mol. The van der Waals surface area contributed by atoms with Gasteiger partial charge in [0, 0.05) is 16.7 Å². The molecule has 0 aromatic rings. The van der Waals surface area contributed by atoms with Gasteiger partial charge in [-0.25, -0.2) is 0 Å². The molecule has 0 fully saturated rings. The van der Waals surface area contributed by atoms with Crippen LogP contribution in [0.1, 0.15) is 12.8 Å². The van der Waals surface area contributed by atoms with E-state index in [0.717, 1.165) is 14.2 Å². The highest BCUT2D eigenvalue weighted by molar-refractivity contribution is 7.89. The average Bonchev–Trinajstić information content (AvgIpc) is 2.22. The van der Waals surface area contributed by atoms with Crippen LogP contribution < -0.4 is 0 Å². The van der Waals surface area contributed by atoms with Gasteiger partial charge < -0.3 is 9.47 Å². The molecule has 0 rings (SSSR count). The molecule has 0 radical (unpaired) electrons. The number of ether oxygens (including phenoxy) is 2. The normalized spacial score (nSPS) is 15.2. The quantitative estimate of drug-likeness (QED) is 0.352. The van der Waals surface area contributed by atoms with Gasteiger partial charge in [0.25, 0.3) is 10.1 Å². The molecule has 0 aromatic carbocycles. The van der Waals surface area contributed by atoms with E-state index < -0.39 is 26.4 Å². The van der Waals surface area contributed by atoms with Crippen LogP contribution in [0.3, 0.4) is 0 Å². The lowest BCUT2D eigenvalue weighted by atomic mass is 10.2. The van der Waals surface area contributed by atoms with Gasteiger partial charge in [-0.05, 0) is 6.42 Å². The molecular formula is C7H14O7SSi. The van der Waals surface area contributed by atoms with Crippen molar-refractivity contribution in [2.75, 3.05) is 14.2 Å². The van der Waals surface area contributed by atoms with E-state index in [4.69, 9.17) is 4.55 Å². The predicted octanol–water partition coefficient (Wildman–Crippen LogP) is -1.94. The topological polar surface area (TPSA) is 107 Å². The second-order valence-corrected chi connectivity index (χ2v) is 7.56. The lowest BCUT2D eigenvalue weighted by molar-refractivity contribution is -0.143. The van der Waals surface area contributed by atoms with E-state index in [2.05, 4.69) is 9.47 Å². The van der Waals surface area contributed by atoms with E-state index in [0.29, 0.717) is 0 Å². The third-order valence-corrected chi connectivity index (χ3v) is 6.19. The smallest absolute Gasteiger partial charge is 0.325 e. The second kappa shape index (κ2) is 5.41. The Kier molecular flexibility index (Phi) is 5.10. The first-order chi connectivity index (χ1) is 7.19. The minimum atomic E-state index is -4.60. The SMILES string of the molecule is COC(=O)CCC([SiH3])(C(=O)OC)S(=O)(=O)O. The van der Waals surface area contributed by atoms with Crippen LogP contribution in [0.4, 0.5) is 0 Å². The first-order valence-electron chi connectivity index (χ1n) is 4.31. The molecule has 0 bridgehead atoms. The number of methoxy groups -OCH3 is 2. The van der Waals surface area contributed by atoms with Crippen molar-refractivity contribution < 1.29 is 32.0 Å². The van der Waals surface area contributed by atoms with Gasteiger partial charge in [0.1, 0.15) is 0 Å². The molecule has 0 aromatic heterocycles. The van der Waals surface area contributed by atoms with Crippen molar-refractivity contribution in [1.82, 2.24) is 0 Å². The first kappa shape index (κ1) is 15.1. The first-order valence-corrected chi connectivity index (χ1v) is 6.75. The number of esters is 2. The third-order valence-electron chi connectivity index (χ3n) is 2.22. The van der Waals surface area contributed by atoms with E-state index >= 15 is 0 Å². The summed E-state index contributed by atoms with van der Waals surface area (Å²) in [5.74, 6) is -1.72. The molecular weight excluding hydrogens is 256 g/mol. The Morgan fingerprint density at radius 1 is 1.31 bits per heavy atom. The zero-order valence-electron chi connectivity index (χ0n) is 9.22. The minimum Gasteiger partial charge on any atom is -0.469 e. The van der Waals surface area contributed by atoms with Gasteiger partial charge in [-0.2, -0.15) is 8.42 Å². The zero-order valence-corrected chi connectivity index (χ0v) is 12.0. The number of carbonyl (C=O) groups is 2. The van der Waals surface area contributed by atoms with Gasteiger partial charge >= 0.3 is 11.9 Å². The Bertz CT molecular complexity index is 376. The van der Waals surface area contributed by atoms with Crippen molar-refractivity contribution in [1.29, 1.82) is 0 Å². The fourth-order valence-electron chi connectivity index (χ4n) is 0.995. The molecule has 7 nitrogen and oxygen atoms in total. The summed E-state index contributed by atoms with van der Waals surface area (Å²) in [6.07, 6.45) is -0.633. The van der Waals surface area contributed by atoms with E-state index in [1.165, 1.54) is 0 Å². The van der Waals surface area contributed by atoms with Gasteiger partial charge in [0.05, 0.1) is 14.2 Å². The molecule has 16 heavy (non-hydrogen) atoms. The van der Waals surface area contributed by atoms with Crippen molar-refractivity contribution >= 4 is 32.3 Å². The standard InChI is InChI=1S/C7H14O7SSi/c1-13-5(8)3-4-7(16,6(9)14-2)15(10,11)12/h3-4H2,1-2,16H3,(H,10,11,12). The van der Waals surface area contributed by atoms with Gasteiger partial charge in [-0.3, -0.25) is 14.1 Å². The summed E-state index contributed by atoms with van der Waals surface area (Å²) >= 11 is 0. The predicted molar refractivity (Wildman–Crippen MR) is 57.5 cm³/mol. The maximum absolute atomic E-state index is 11.3. The molecule has 0 amide bonds. The van der Waals surface area contributed by atoms with Gasteiger partial charge in [0.15, 0.2) is 4.37 Å². The van der Waals surface area contributed by atoms with Crippen molar-refractivity contribution in [3.05, 3.63) is 0 Å². The zero-order chi connectivity index (χ0) is 13.0. The Labute approximate surface area is 96.3 Å². The molecule has 0 heterocycles. The van der Waals surface area contributed by atoms with Gasteiger partial charge in [-0.1, -0.05) is 0 Å². The number of hydrogen-bond donors (Lipinski definition) is 1. The van der Waals surface area contributed by atoms with Crippen molar-refractivity contribution in [3.63, 3.8) is 0 Å². The van der Waals surface area contributed by atoms with E-state index in [-0.39, 0.29) is 23.1 Å². The molecule has 9 heteroatoms. The molecule has 0 aliphatic carbocycles. The van der Waals surface area contributed by atoms with E-state index in [1.54, 1.807) is 0 Å². The molecule has 1 atom stereocenters. The fraction of sp³-hybridized carbons (Fsp3) is 0.714. The Hall–Kier alpha value is -0.933. The summed E-state index contributed by atoms with van der Waals surface area (Å²) in [5, 5.41) is 0. The van der Waals surface area contributed by atoms with Gasteiger partial charge in [0.2, 0.25) is 0 Å². The van der Waals surface area contributed by atoms with Crippen LogP contribution >= 0.6 is 0 Å². The summed E-state index contributed by atoms with van der Waals surface area (Å²) in [6, 6.07) is 0. The summed E-state index contributed by atoms with van der Waals surface area (Å²) < 4.78 is 37.8. The summed E-state index contributed by atoms with van der Waals surface area (Å²) in [6.45, 7) is 0. The van der Waals surface area contributed by atoms with E-state index in [1.807, 2.05) is 0 Å². The Morgan fingerprint density at radius 2 is 1.81 bits per heavy atom. The minimum absolute atomic E-state index is 0.191. The lowest BCUT2D eigenvalue weighted by Gasteiger charge is -2.22. The van der Waals surface area contributed by atoms with Crippen LogP contribution in [-0.4, -0.2) is 53.7 Å². The summed E-state index contributed by atoms with van der Waals surface area (Å²) in [7, 11) is -2.64. The maximum Gasteiger partial charge on any atom is 0.325 e. The molecule has 94 valence electrons. The molecule has 0 aliphatic rings. The fourth-order valence-corrected chi connectivity index (χ4v) is 2.10.